The van der Waals surface area contributed by atoms with Crippen LogP contribution in [0.3, 0.4) is 0 Å². The predicted octanol–water partition coefficient (Wildman–Crippen LogP) is 3.24. The normalized spacial score (nSPS) is 12.1. The zero-order chi connectivity index (χ0) is 13.8. The Labute approximate surface area is 137 Å². The molecule has 0 saturated heterocycles. The van der Waals surface area contributed by atoms with Gasteiger partial charge in [-0.05, 0) is 26.7 Å². The molecule has 118 valence electrons. The van der Waals surface area contributed by atoms with E-state index in [0.717, 1.165) is 22.7 Å². The minimum atomic E-state index is -0.444. The Morgan fingerprint density at radius 2 is 2.00 bits per heavy atom. The molecule has 20 heavy (non-hydrogen) atoms. The van der Waals surface area contributed by atoms with Crippen LogP contribution >= 0.6 is 36.2 Å². The Morgan fingerprint density at radius 3 is 2.35 bits per heavy atom. The number of nitrogens with one attached hydrogen (secondary N) is 1. The number of carbonyl (C=O) groups is 1. The fourth-order valence-corrected chi connectivity index (χ4v) is 2.71. The molecule has 1 amide bonds. The first-order valence-electron chi connectivity index (χ1n) is 6.42. The van der Waals surface area contributed by atoms with Gasteiger partial charge in [0.25, 0.3) is 0 Å². The summed E-state index contributed by atoms with van der Waals surface area (Å²) in [7, 11) is 0. The van der Waals surface area contributed by atoms with E-state index in [1.54, 1.807) is 11.3 Å². The molecule has 0 aliphatic heterocycles. The van der Waals surface area contributed by atoms with Gasteiger partial charge in [-0.3, -0.25) is 4.79 Å². The Hall–Kier alpha value is -0.360. The topological polar surface area (TPSA) is 68.0 Å². The molecule has 0 fully saturated rings. The maximum absolute atomic E-state index is 12.3. The average Bonchev–Trinajstić information content (AvgIpc) is 2.79. The number of carbonyl (C=O) groups excluding carboxylic acids is 1. The molecule has 1 atom stereocenters. The summed E-state index contributed by atoms with van der Waals surface area (Å²) >= 11 is 1.61. The number of rotatable bonds is 6. The van der Waals surface area contributed by atoms with Crippen LogP contribution in [0.5, 0.6) is 0 Å². The van der Waals surface area contributed by atoms with Crippen LogP contribution in [-0.4, -0.2) is 17.4 Å². The third-order valence-corrected chi connectivity index (χ3v) is 4.68. The van der Waals surface area contributed by atoms with Gasteiger partial charge in [-0.25, -0.2) is 4.98 Å². The molecule has 0 bridgehead atoms. The highest BCUT2D eigenvalue weighted by atomic mass is 35.5. The van der Waals surface area contributed by atoms with Crippen LogP contribution in [0.25, 0.3) is 0 Å². The fourth-order valence-electron chi connectivity index (χ4n) is 1.94. The van der Waals surface area contributed by atoms with E-state index in [9.17, 15) is 4.79 Å². The van der Waals surface area contributed by atoms with Gasteiger partial charge in [-0.2, -0.15) is 0 Å². The van der Waals surface area contributed by atoms with E-state index in [0.29, 0.717) is 6.54 Å². The smallest absolute Gasteiger partial charge is 0.228 e. The van der Waals surface area contributed by atoms with Gasteiger partial charge in [0, 0.05) is 17.6 Å². The molecular formula is C13H25Cl2N3OS. The van der Waals surface area contributed by atoms with E-state index in [2.05, 4.69) is 10.3 Å². The van der Waals surface area contributed by atoms with E-state index in [1.165, 1.54) is 0 Å². The number of hydrogen-bond acceptors (Lipinski definition) is 4. The monoisotopic (exact) mass is 341 g/mol. The summed E-state index contributed by atoms with van der Waals surface area (Å²) in [5, 5.41) is 3.98. The Morgan fingerprint density at radius 1 is 1.45 bits per heavy atom. The third kappa shape index (κ3) is 4.88. The highest BCUT2D eigenvalue weighted by molar-refractivity contribution is 7.11. The minimum absolute atomic E-state index is 0. The zero-order valence-corrected chi connectivity index (χ0v) is 14.9. The maximum atomic E-state index is 12.3. The number of thiazole rings is 1. The lowest BCUT2D eigenvalue weighted by Crippen LogP contribution is -2.46. The van der Waals surface area contributed by atoms with E-state index in [-0.39, 0.29) is 36.8 Å². The lowest BCUT2D eigenvalue weighted by molar-refractivity contribution is -0.131. The average molecular weight is 342 g/mol. The van der Waals surface area contributed by atoms with Gasteiger partial charge in [0.15, 0.2) is 0 Å². The Bertz CT molecular complexity index is 400. The lowest BCUT2D eigenvalue weighted by atomic mass is 9.81. The summed E-state index contributed by atoms with van der Waals surface area (Å²) in [4.78, 5) is 17.8. The van der Waals surface area contributed by atoms with Gasteiger partial charge in [0.1, 0.15) is 5.01 Å². The summed E-state index contributed by atoms with van der Waals surface area (Å²) in [6.07, 6.45) is 3.35. The van der Waals surface area contributed by atoms with Crippen LogP contribution in [-0.2, 0) is 4.79 Å². The van der Waals surface area contributed by atoms with Crippen molar-refractivity contribution in [3.05, 3.63) is 16.1 Å². The second-order valence-corrected chi connectivity index (χ2v) is 5.96. The number of aromatic nitrogens is 1. The molecule has 3 N–H and O–H groups in total. The van der Waals surface area contributed by atoms with Gasteiger partial charge in [-0.15, -0.1) is 36.2 Å². The number of halogens is 2. The van der Waals surface area contributed by atoms with Crippen molar-refractivity contribution in [2.45, 2.75) is 46.6 Å². The molecule has 1 unspecified atom stereocenters. The van der Waals surface area contributed by atoms with Gasteiger partial charge < -0.3 is 11.1 Å². The molecule has 1 aromatic rings. The molecule has 0 saturated carbocycles. The van der Waals surface area contributed by atoms with Gasteiger partial charge in [0.2, 0.25) is 5.91 Å². The lowest BCUT2D eigenvalue weighted by Gasteiger charge is -2.29. The van der Waals surface area contributed by atoms with Gasteiger partial charge in [-0.1, -0.05) is 13.8 Å². The SMILES string of the molecule is CCC(CC)(CN)C(=O)NC(C)c1ncc(C)s1.Cl.Cl. The summed E-state index contributed by atoms with van der Waals surface area (Å²) in [6.45, 7) is 8.37. The van der Waals surface area contributed by atoms with Crippen molar-refractivity contribution in [1.82, 2.24) is 10.3 Å². The first-order valence-corrected chi connectivity index (χ1v) is 7.24. The first kappa shape index (κ1) is 21.9. The van der Waals surface area contributed by atoms with Crippen molar-refractivity contribution in [1.29, 1.82) is 0 Å². The van der Waals surface area contributed by atoms with E-state index in [4.69, 9.17) is 5.73 Å². The molecule has 0 spiro atoms. The summed E-state index contributed by atoms with van der Waals surface area (Å²) in [5.41, 5.74) is 5.33. The van der Waals surface area contributed by atoms with Crippen LogP contribution in [0.2, 0.25) is 0 Å². The third-order valence-electron chi connectivity index (χ3n) is 3.58. The number of amides is 1. The van der Waals surface area contributed by atoms with Crippen LogP contribution in [0.15, 0.2) is 6.20 Å². The van der Waals surface area contributed by atoms with Gasteiger partial charge in [0.05, 0.1) is 11.5 Å². The maximum Gasteiger partial charge on any atom is 0.228 e. The fraction of sp³-hybridized carbons (Fsp3) is 0.692. The molecule has 0 aromatic carbocycles. The number of nitrogens with two attached hydrogens (primary N) is 1. The molecule has 1 heterocycles. The van der Waals surface area contributed by atoms with Crippen LogP contribution in [0, 0.1) is 12.3 Å². The van der Waals surface area contributed by atoms with Crippen molar-refractivity contribution in [2.24, 2.45) is 11.1 Å². The van der Waals surface area contributed by atoms with Crippen molar-refractivity contribution in [3.8, 4) is 0 Å². The Kier molecular flexibility index (Phi) is 10.5. The molecule has 1 rings (SSSR count). The van der Waals surface area contributed by atoms with E-state index >= 15 is 0 Å². The molecule has 7 heteroatoms. The molecule has 4 nitrogen and oxygen atoms in total. The minimum Gasteiger partial charge on any atom is -0.347 e. The predicted molar refractivity (Wildman–Crippen MR) is 90.0 cm³/mol. The van der Waals surface area contributed by atoms with Crippen LogP contribution in [0.4, 0.5) is 0 Å². The van der Waals surface area contributed by atoms with Gasteiger partial charge >= 0.3 is 0 Å². The molecule has 1 aromatic heterocycles. The quantitative estimate of drug-likeness (QED) is 0.834. The Balaban J connectivity index is 0. The number of hydrogen-bond donors (Lipinski definition) is 2. The molecular weight excluding hydrogens is 317 g/mol. The van der Waals surface area contributed by atoms with E-state index in [1.807, 2.05) is 33.9 Å². The van der Waals surface area contributed by atoms with Crippen molar-refractivity contribution in [3.63, 3.8) is 0 Å². The molecule has 0 aliphatic carbocycles. The standard InChI is InChI=1S/C13H23N3OS.2ClH/c1-5-13(6-2,8-14)12(17)16-10(4)11-15-7-9(3)18-11;;/h7,10H,5-6,8,14H2,1-4H3,(H,16,17);2*1H. The number of nitrogens with zero attached hydrogens (tertiary/aromatic N) is 1. The summed E-state index contributed by atoms with van der Waals surface area (Å²) in [5.74, 6) is 0.0374. The second-order valence-electron chi connectivity index (χ2n) is 4.70. The van der Waals surface area contributed by atoms with Crippen molar-refractivity contribution >= 4 is 42.1 Å². The van der Waals surface area contributed by atoms with Crippen molar-refractivity contribution < 1.29 is 4.79 Å². The van der Waals surface area contributed by atoms with Crippen molar-refractivity contribution in [2.75, 3.05) is 6.54 Å². The zero-order valence-electron chi connectivity index (χ0n) is 12.4. The molecule has 0 radical (unpaired) electrons. The van der Waals surface area contributed by atoms with E-state index < -0.39 is 5.41 Å². The number of aryl methyl sites for hydroxylation is 1. The van der Waals surface area contributed by atoms with Crippen LogP contribution < -0.4 is 11.1 Å². The summed E-state index contributed by atoms with van der Waals surface area (Å²) in [6, 6.07) is -0.0553. The first-order chi connectivity index (χ1) is 8.49. The second kappa shape index (κ2) is 9.55. The summed E-state index contributed by atoms with van der Waals surface area (Å²) < 4.78 is 0. The highest BCUT2D eigenvalue weighted by Crippen LogP contribution is 2.27. The molecule has 0 aliphatic rings. The van der Waals surface area contributed by atoms with Crippen LogP contribution in [0.1, 0.15) is 49.5 Å². The highest BCUT2D eigenvalue weighted by Gasteiger charge is 2.34. The largest absolute Gasteiger partial charge is 0.347 e.